The summed E-state index contributed by atoms with van der Waals surface area (Å²) in [6.45, 7) is 1.87. The molecule has 0 rings (SSSR count). The first kappa shape index (κ1) is 37.5. The molecule has 0 saturated carbocycles. The van der Waals surface area contributed by atoms with Crippen LogP contribution in [0.25, 0.3) is 0 Å². The molecule has 0 aromatic heterocycles. The Morgan fingerprint density at radius 3 is 1.75 bits per heavy atom. The minimum absolute atomic E-state index is 0.0418. The van der Waals surface area contributed by atoms with E-state index in [2.05, 4.69) is 10.6 Å². The first-order valence-corrected chi connectivity index (χ1v) is 14.9. The van der Waals surface area contributed by atoms with Gasteiger partial charge in [-0.05, 0) is 25.7 Å². The highest BCUT2D eigenvalue weighted by atomic mass is 16.5. The van der Waals surface area contributed by atoms with Gasteiger partial charge in [0.15, 0.2) is 0 Å². The van der Waals surface area contributed by atoms with Gasteiger partial charge in [-0.25, -0.2) is 0 Å². The summed E-state index contributed by atoms with van der Waals surface area (Å²) in [5, 5.41) is 22.8. The monoisotopic (exact) mass is 571 g/mol. The molecule has 1 atom stereocenters. The van der Waals surface area contributed by atoms with Gasteiger partial charge in [0.2, 0.25) is 11.8 Å². The zero-order valence-corrected chi connectivity index (χ0v) is 24.2. The van der Waals surface area contributed by atoms with Crippen molar-refractivity contribution in [2.45, 2.75) is 109 Å². The molecule has 40 heavy (non-hydrogen) atoms. The van der Waals surface area contributed by atoms with E-state index >= 15 is 0 Å². The molecule has 0 saturated heterocycles. The lowest BCUT2D eigenvalue weighted by atomic mass is 10.0. The third kappa shape index (κ3) is 28.5. The minimum Gasteiger partial charge on any atom is -0.481 e. The highest BCUT2D eigenvalue weighted by molar-refractivity contribution is 5.77. The molecule has 0 bridgehead atoms. The molecule has 0 unspecified atom stereocenters. The van der Waals surface area contributed by atoms with Crippen molar-refractivity contribution in [2.24, 2.45) is 5.73 Å². The van der Waals surface area contributed by atoms with Gasteiger partial charge < -0.3 is 36.1 Å². The number of rotatable bonds is 29. The molecule has 0 aromatic carbocycles. The average Bonchev–Trinajstić information content (AvgIpc) is 2.91. The van der Waals surface area contributed by atoms with E-state index < -0.39 is 18.0 Å². The Morgan fingerprint density at radius 2 is 1.18 bits per heavy atom. The molecule has 6 N–H and O–H groups in total. The van der Waals surface area contributed by atoms with Crippen molar-refractivity contribution in [3.63, 3.8) is 0 Å². The lowest BCUT2D eigenvalue weighted by Gasteiger charge is -2.08. The molecule has 0 aliphatic heterocycles. The standard InChI is InChI=1S/C29H53N3O8/c30-25(29(37)38)16-12-11-15-19-31-27(34)24-40-23-22-39-21-20-32-26(33)17-13-9-7-5-3-1-2-4-6-8-10-14-18-28(35)36/h12,16,25H,1-11,13-15,17-24,30H2,(H,31,34)(H,32,33)(H,35,36)(H,37,38)/t25-/m0/s1. The number of hydrogen-bond acceptors (Lipinski definition) is 7. The van der Waals surface area contributed by atoms with Gasteiger partial charge >= 0.3 is 11.9 Å². The fourth-order valence-corrected chi connectivity index (χ4v) is 3.89. The zero-order chi connectivity index (χ0) is 29.7. The van der Waals surface area contributed by atoms with Gasteiger partial charge in [0.1, 0.15) is 12.6 Å². The molecule has 2 amide bonds. The number of nitrogens with two attached hydrogens (primary N) is 1. The number of hydrogen-bond donors (Lipinski definition) is 5. The minimum atomic E-state index is -1.08. The van der Waals surface area contributed by atoms with Crippen LogP contribution in [0.4, 0.5) is 0 Å². The van der Waals surface area contributed by atoms with Crippen LogP contribution in [0.1, 0.15) is 103 Å². The fraction of sp³-hybridized carbons (Fsp3) is 0.793. The van der Waals surface area contributed by atoms with E-state index in [0.717, 1.165) is 38.5 Å². The van der Waals surface area contributed by atoms with Crippen LogP contribution in [-0.2, 0) is 28.7 Å². The Balaban J connectivity index is 3.33. The number of nitrogens with one attached hydrogen (secondary N) is 2. The summed E-state index contributed by atoms with van der Waals surface area (Å²) in [5.74, 6) is -1.96. The highest BCUT2D eigenvalue weighted by Crippen LogP contribution is 2.13. The Hall–Kier alpha value is -2.50. The van der Waals surface area contributed by atoms with Crippen molar-refractivity contribution in [2.75, 3.05) is 39.5 Å². The molecule has 232 valence electrons. The van der Waals surface area contributed by atoms with Gasteiger partial charge in [0.05, 0.1) is 19.8 Å². The second-order valence-corrected chi connectivity index (χ2v) is 9.94. The molecule has 11 heteroatoms. The molecular formula is C29H53N3O8. The predicted octanol–water partition coefficient (Wildman–Crippen LogP) is 3.55. The second-order valence-electron chi connectivity index (χ2n) is 9.94. The predicted molar refractivity (Wildman–Crippen MR) is 154 cm³/mol. The van der Waals surface area contributed by atoms with Crippen molar-refractivity contribution in [1.82, 2.24) is 10.6 Å². The van der Waals surface area contributed by atoms with Crippen molar-refractivity contribution >= 4 is 23.8 Å². The maximum Gasteiger partial charge on any atom is 0.324 e. The fourth-order valence-electron chi connectivity index (χ4n) is 3.89. The Bertz CT molecular complexity index is 703. The molecule has 0 aliphatic carbocycles. The van der Waals surface area contributed by atoms with Crippen LogP contribution in [-0.4, -0.2) is 79.5 Å². The first-order valence-electron chi connectivity index (χ1n) is 14.9. The third-order valence-corrected chi connectivity index (χ3v) is 6.22. The van der Waals surface area contributed by atoms with Gasteiger partial charge in [0, 0.05) is 25.9 Å². The van der Waals surface area contributed by atoms with Crippen LogP contribution in [0.15, 0.2) is 12.2 Å². The molecular weight excluding hydrogens is 518 g/mol. The maximum atomic E-state index is 11.9. The Morgan fingerprint density at radius 1 is 0.650 bits per heavy atom. The van der Waals surface area contributed by atoms with E-state index in [1.165, 1.54) is 44.6 Å². The molecule has 0 fully saturated rings. The zero-order valence-electron chi connectivity index (χ0n) is 24.2. The molecule has 0 heterocycles. The van der Waals surface area contributed by atoms with Crippen molar-refractivity contribution in [3.05, 3.63) is 12.2 Å². The largest absolute Gasteiger partial charge is 0.481 e. The van der Waals surface area contributed by atoms with Gasteiger partial charge in [-0.15, -0.1) is 0 Å². The number of allylic oxidation sites excluding steroid dienone is 1. The normalized spacial score (nSPS) is 11.9. The van der Waals surface area contributed by atoms with E-state index in [4.69, 9.17) is 25.4 Å². The van der Waals surface area contributed by atoms with E-state index in [1.54, 1.807) is 6.08 Å². The summed E-state index contributed by atoms with van der Waals surface area (Å²) in [5.41, 5.74) is 5.35. The number of carboxylic acids is 2. The SMILES string of the molecule is N[C@@H](C=CCCCNC(=O)COCCOCCNC(=O)CCCCCCCCCCCCCCC(=O)O)C(=O)O. The number of carbonyl (C=O) groups is 4. The molecule has 0 radical (unpaired) electrons. The number of ether oxygens (including phenoxy) is 2. The van der Waals surface area contributed by atoms with Gasteiger partial charge in [-0.1, -0.05) is 76.4 Å². The number of aliphatic carboxylic acids is 2. The highest BCUT2D eigenvalue weighted by Gasteiger charge is 2.05. The third-order valence-electron chi connectivity index (χ3n) is 6.22. The Kier molecular flexibility index (Phi) is 26.3. The van der Waals surface area contributed by atoms with Gasteiger partial charge in [-0.3, -0.25) is 19.2 Å². The summed E-state index contributed by atoms with van der Waals surface area (Å²) < 4.78 is 10.7. The summed E-state index contributed by atoms with van der Waals surface area (Å²) in [7, 11) is 0. The van der Waals surface area contributed by atoms with Crippen molar-refractivity contribution in [1.29, 1.82) is 0 Å². The number of unbranched alkanes of at least 4 members (excludes halogenated alkanes) is 12. The number of carbonyl (C=O) groups excluding carboxylic acids is 2. The summed E-state index contributed by atoms with van der Waals surface area (Å²) >= 11 is 0. The van der Waals surface area contributed by atoms with Crippen LogP contribution < -0.4 is 16.4 Å². The molecule has 0 spiro atoms. The van der Waals surface area contributed by atoms with E-state index in [0.29, 0.717) is 45.6 Å². The van der Waals surface area contributed by atoms with Gasteiger partial charge in [-0.2, -0.15) is 0 Å². The van der Waals surface area contributed by atoms with E-state index in [1.807, 2.05) is 0 Å². The van der Waals surface area contributed by atoms with Crippen LogP contribution in [0.2, 0.25) is 0 Å². The second kappa shape index (κ2) is 28.0. The number of amides is 2. The van der Waals surface area contributed by atoms with E-state index in [-0.39, 0.29) is 31.4 Å². The molecule has 0 aliphatic rings. The van der Waals surface area contributed by atoms with Gasteiger partial charge in [0.25, 0.3) is 0 Å². The van der Waals surface area contributed by atoms with Crippen LogP contribution in [0, 0.1) is 0 Å². The van der Waals surface area contributed by atoms with Crippen molar-refractivity contribution in [3.8, 4) is 0 Å². The summed E-state index contributed by atoms with van der Waals surface area (Å²) in [6, 6.07) is -1.00. The smallest absolute Gasteiger partial charge is 0.324 e. The molecule has 0 aromatic rings. The van der Waals surface area contributed by atoms with Crippen molar-refractivity contribution < 1.29 is 38.9 Å². The van der Waals surface area contributed by atoms with Crippen LogP contribution in [0.3, 0.4) is 0 Å². The Labute approximate surface area is 239 Å². The van der Waals surface area contributed by atoms with Crippen LogP contribution >= 0.6 is 0 Å². The first-order chi connectivity index (χ1) is 19.3. The quantitative estimate of drug-likeness (QED) is 0.0663. The van der Waals surface area contributed by atoms with E-state index in [9.17, 15) is 19.2 Å². The summed E-state index contributed by atoms with van der Waals surface area (Å²) in [4.78, 5) is 44.6. The number of carboxylic acid groups (broad SMARTS) is 2. The topological polar surface area (TPSA) is 177 Å². The average molecular weight is 572 g/mol. The summed E-state index contributed by atoms with van der Waals surface area (Å²) in [6.07, 6.45) is 18.7. The lowest BCUT2D eigenvalue weighted by Crippen LogP contribution is -2.29. The lowest BCUT2D eigenvalue weighted by molar-refractivity contribution is -0.138. The molecule has 11 nitrogen and oxygen atoms in total. The maximum absolute atomic E-state index is 11.9. The van der Waals surface area contributed by atoms with Crippen LogP contribution in [0.5, 0.6) is 0 Å².